The highest BCUT2D eigenvalue weighted by Crippen LogP contribution is 2.35. The maximum absolute atomic E-state index is 13.2. The van der Waals surface area contributed by atoms with Crippen molar-refractivity contribution in [2.75, 3.05) is 4.72 Å². The number of hydrogen-bond donors (Lipinski definition) is 1. The van der Waals surface area contributed by atoms with Crippen molar-refractivity contribution in [2.24, 2.45) is 5.92 Å². The molecule has 1 aliphatic carbocycles. The maximum atomic E-state index is 13.2. The number of fused-ring (bicyclic) bond motifs is 1. The van der Waals surface area contributed by atoms with Crippen LogP contribution < -0.4 is 4.72 Å². The number of ketones is 2. The molecule has 8 nitrogen and oxygen atoms in total. The summed E-state index contributed by atoms with van der Waals surface area (Å²) in [7, 11) is -4.00. The van der Waals surface area contributed by atoms with Crippen LogP contribution in [0.3, 0.4) is 0 Å². The highest BCUT2D eigenvalue weighted by Gasteiger charge is 2.40. The van der Waals surface area contributed by atoms with Gasteiger partial charge in [-0.05, 0) is 54.8 Å². The molecule has 4 aromatic rings. The number of nitrogens with one attached hydrogen (secondary N) is 1. The van der Waals surface area contributed by atoms with Gasteiger partial charge in [-0.2, -0.15) is 0 Å². The lowest BCUT2D eigenvalue weighted by Gasteiger charge is -2.12. The average Bonchev–Trinajstić information content (AvgIpc) is 3.47. The minimum atomic E-state index is -4.00. The molecule has 1 N–H and O–H groups in total. The van der Waals surface area contributed by atoms with Crippen molar-refractivity contribution in [3.63, 3.8) is 0 Å². The first-order chi connectivity index (χ1) is 16.4. The average molecular weight is 474 g/mol. The molecule has 1 unspecified atom stereocenters. The van der Waals surface area contributed by atoms with E-state index in [1.54, 1.807) is 42.7 Å². The predicted molar refractivity (Wildman–Crippen MR) is 124 cm³/mol. The third kappa shape index (κ3) is 4.01. The molecule has 0 saturated heterocycles. The number of nitrogens with zero attached hydrogens (tertiary/aromatic N) is 2. The molecule has 0 radical (unpaired) electrons. The quantitative estimate of drug-likeness (QED) is 0.400. The van der Waals surface area contributed by atoms with E-state index in [-0.39, 0.29) is 33.3 Å². The van der Waals surface area contributed by atoms with Crippen LogP contribution in [-0.4, -0.2) is 30.0 Å². The molecule has 0 spiro atoms. The molecular formula is C25H19N3O5S. The number of hydrogen-bond acceptors (Lipinski definition) is 7. The number of carbonyl (C=O) groups excluding carboxylic acids is 2. The van der Waals surface area contributed by atoms with Gasteiger partial charge in [-0.1, -0.05) is 18.2 Å². The van der Waals surface area contributed by atoms with Gasteiger partial charge < -0.3 is 4.42 Å². The normalized spacial score (nSPS) is 15.4. The molecule has 9 heteroatoms. The van der Waals surface area contributed by atoms with Crippen LogP contribution in [0.2, 0.25) is 0 Å². The summed E-state index contributed by atoms with van der Waals surface area (Å²) in [5.41, 5.74) is 2.05. The molecule has 34 heavy (non-hydrogen) atoms. The van der Waals surface area contributed by atoms with E-state index in [0.717, 1.165) is 5.56 Å². The highest BCUT2D eigenvalue weighted by molar-refractivity contribution is 7.92. The van der Waals surface area contributed by atoms with Gasteiger partial charge >= 0.3 is 0 Å². The molecule has 1 aliphatic rings. The summed E-state index contributed by atoms with van der Waals surface area (Å²) in [6.07, 6.45) is 7.02. The number of sulfonamides is 1. The fourth-order valence-corrected chi connectivity index (χ4v) is 5.14. The predicted octanol–water partition coefficient (Wildman–Crippen LogP) is 4.17. The lowest BCUT2D eigenvalue weighted by Crippen LogP contribution is -2.18. The van der Waals surface area contributed by atoms with Crippen LogP contribution in [-0.2, 0) is 16.4 Å². The van der Waals surface area contributed by atoms with E-state index in [1.807, 2.05) is 6.07 Å². The van der Waals surface area contributed by atoms with Crippen LogP contribution in [0, 0.1) is 5.92 Å². The Labute approximate surface area is 195 Å². The molecule has 0 amide bonds. The van der Waals surface area contributed by atoms with Crippen LogP contribution >= 0.6 is 0 Å². The number of carbonyl (C=O) groups is 2. The Morgan fingerprint density at radius 2 is 1.74 bits per heavy atom. The highest BCUT2D eigenvalue weighted by atomic mass is 32.2. The van der Waals surface area contributed by atoms with Gasteiger partial charge in [0.1, 0.15) is 0 Å². The van der Waals surface area contributed by atoms with Gasteiger partial charge in [-0.3, -0.25) is 19.3 Å². The first-order valence-corrected chi connectivity index (χ1v) is 12.0. The zero-order valence-corrected chi connectivity index (χ0v) is 18.7. The summed E-state index contributed by atoms with van der Waals surface area (Å²) in [6.45, 7) is 0. The van der Waals surface area contributed by atoms with Crippen molar-refractivity contribution in [3.8, 4) is 11.3 Å². The standard InChI is InChI=1S/C25H19N3O5S/c29-24-19-4-1-5-21(23(19)25(30)20(24)11-6-16-3-2-12-26-13-16)28-34(31,32)18-9-7-17(8-10-18)22-14-27-15-33-22/h1-5,7-10,12-15,20,28H,6,11H2. The van der Waals surface area contributed by atoms with Crippen molar-refractivity contribution < 1.29 is 22.4 Å². The zero-order chi connectivity index (χ0) is 23.7. The minimum absolute atomic E-state index is 0.0123. The second-order valence-electron chi connectivity index (χ2n) is 7.90. The third-order valence-corrected chi connectivity index (χ3v) is 7.16. The molecule has 0 saturated carbocycles. The van der Waals surface area contributed by atoms with Gasteiger partial charge in [0.15, 0.2) is 23.7 Å². The third-order valence-electron chi connectivity index (χ3n) is 5.78. The minimum Gasteiger partial charge on any atom is -0.444 e. The maximum Gasteiger partial charge on any atom is 0.261 e. The van der Waals surface area contributed by atoms with E-state index >= 15 is 0 Å². The Morgan fingerprint density at radius 1 is 0.912 bits per heavy atom. The van der Waals surface area contributed by atoms with E-state index in [1.165, 1.54) is 30.8 Å². The van der Waals surface area contributed by atoms with E-state index < -0.39 is 15.9 Å². The SMILES string of the molecule is O=C1c2cccc(NS(=O)(=O)c3ccc(-c4cnco4)cc3)c2C(=O)C1CCc1cccnc1. The second-order valence-corrected chi connectivity index (χ2v) is 9.59. The van der Waals surface area contributed by atoms with Gasteiger partial charge in [0.25, 0.3) is 10.0 Å². The molecular weight excluding hydrogens is 454 g/mol. The van der Waals surface area contributed by atoms with E-state index in [2.05, 4.69) is 14.7 Å². The Morgan fingerprint density at radius 3 is 2.44 bits per heavy atom. The van der Waals surface area contributed by atoms with Crippen LogP contribution in [0.5, 0.6) is 0 Å². The number of aromatic nitrogens is 2. The topological polar surface area (TPSA) is 119 Å². The van der Waals surface area contributed by atoms with E-state index in [9.17, 15) is 18.0 Å². The summed E-state index contributed by atoms with van der Waals surface area (Å²) in [5.74, 6) is -0.995. The fourth-order valence-electron chi connectivity index (χ4n) is 4.07. The van der Waals surface area contributed by atoms with Gasteiger partial charge in [0.2, 0.25) is 0 Å². The van der Waals surface area contributed by atoms with Gasteiger partial charge in [-0.25, -0.2) is 13.4 Å². The first kappa shape index (κ1) is 21.7. The van der Waals surface area contributed by atoms with Crippen molar-refractivity contribution in [1.29, 1.82) is 0 Å². The molecule has 170 valence electrons. The number of rotatable bonds is 7. The van der Waals surface area contributed by atoms with Crippen LogP contribution in [0.1, 0.15) is 32.7 Å². The Balaban J connectivity index is 1.38. The van der Waals surface area contributed by atoms with Crippen molar-refractivity contribution in [1.82, 2.24) is 9.97 Å². The Hall–Kier alpha value is -4.11. The molecule has 1 atom stereocenters. The van der Waals surface area contributed by atoms with E-state index in [4.69, 9.17) is 4.42 Å². The van der Waals surface area contributed by atoms with Crippen molar-refractivity contribution in [2.45, 2.75) is 17.7 Å². The Kier molecular flexibility index (Phi) is 5.54. The molecule has 2 heterocycles. The van der Waals surface area contributed by atoms with Crippen LogP contribution in [0.25, 0.3) is 11.3 Å². The fraction of sp³-hybridized carbons (Fsp3) is 0.120. The van der Waals surface area contributed by atoms with Crippen LogP contribution in [0.15, 0.2) is 88.9 Å². The number of oxazole rings is 1. The monoisotopic (exact) mass is 473 g/mol. The molecule has 2 aromatic carbocycles. The number of anilines is 1. The summed E-state index contributed by atoms with van der Waals surface area (Å²) < 4.78 is 33.8. The van der Waals surface area contributed by atoms with Gasteiger partial charge in [0.05, 0.1) is 28.3 Å². The number of benzene rings is 2. The lowest BCUT2D eigenvalue weighted by molar-refractivity contribution is 0.0832. The molecule has 5 rings (SSSR count). The van der Waals surface area contributed by atoms with Gasteiger partial charge in [-0.15, -0.1) is 0 Å². The van der Waals surface area contributed by atoms with Crippen LogP contribution in [0.4, 0.5) is 5.69 Å². The molecule has 0 fully saturated rings. The molecule has 0 aliphatic heterocycles. The second kappa shape index (κ2) is 8.68. The smallest absolute Gasteiger partial charge is 0.261 e. The first-order valence-electron chi connectivity index (χ1n) is 10.6. The summed E-state index contributed by atoms with van der Waals surface area (Å²) in [4.78, 5) is 34.0. The zero-order valence-electron chi connectivity index (χ0n) is 17.8. The van der Waals surface area contributed by atoms with Crippen molar-refractivity contribution in [3.05, 3.63) is 96.3 Å². The summed E-state index contributed by atoms with van der Waals surface area (Å²) in [6, 6.07) is 14.4. The largest absolute Gasteiger partial charge is 0.444 e. The summed E-state index contributed by atoms with van der Waals surface area (Å²) in [5, 5.41) is 0. The summed E-state index contributed by atoms with van der Waals surface area (Å²) >= 11 is 0. The van der Waals surface area contributed by atoms with Gasteiger partial charge in [0, 0.05) is 23.5 Å². The van der Waals surface area contributed by atoms with E-state index in [0.29, 0.717) is 24.2 Å². The lowest BCUT2D eigenvalue weighted by atomic mass is 9.95. The number of aryl methyl sites for hydroxylation is 1. The Bertz CT molecular complexity index is 1460. The van der Waals surface area contributed by atoms with Crippen molar-refractivity contribution >= 4 is 27.3 Å². The number of pyridine rings is 1. The molecule has 0 bridgehead atoms. The molecule has 2 aromatic heterocycles. The number of Topliss-reactive ketones (excluding diaryl/α,β-unsaturated/α-hetero) is 2.